The average Bonchev–Trinajstić information content (AvgIpc) is 2.64. The van der Waals surface area contributed by atoms with Gasteiger partial charge in [-0.25, -0.2) is 0 Å². The molecule has 0 aromatic heterocycles. The van der Waals surface area contributed by atoms with Crippen LogP contribution in [0.25, 0.3) is 0 Å². The van der Waals surface area contributed by atoms with Gasteiger partial charge in [0.2, 0.25) is 0 Å². The molecule has 0 fully saturated rings. The number of unbranched alkanes of at least 4 members (excludes halogenated alkanes) is 4. The van der Waals surface area contributed by atoms with E-state index in [1.807, 2.05) is 6.26 Å². The van der Waals surface area contributed by atoms with Gasteiger partial charge in [-0.2, -0.15) is 0 Å². The van der Waals surface area contributed by atoms with Gasteiger partial charge in [-0.1, -0.05) is 0 Å². The molecule has 0 radical (unpaired) electrons. The molecule has 25 heavy (non-hydrogen) atoms. The second kappa shape index (κ2) is 17.7. The molecule has 0 aromatic rings. The van der Waals surface area contributed by atoms with Crippen LogP contribution in [0.15, 0.2) is 12.3 Å². The van der Waals surface area contributed by atoms with Crippen molar-refractivity contribution >= 4 is 18.4 Å². The van der Waals surface area contributed by atoms with Gasteiger partial charge in [-0.3, -0.25) is 0 Å². The van der Waals surface area contributed by atoms with Crippen LogP contribution in [0.3, 0.4) is 0 Å². The van der Waals surface area contributed by atoms with Crippen molar-refractivity contribution in [3.8, 4) is 0 Å². The molecule has 0 saturated heterocycles. The van der Waals surface area contributed by atoms with Gasteiger partial charge in [0.1, 0.15) is 0 Å². The summed E-state index contributed by atoms with van der Waals surface area (Å²) >= 11 is -2.02. The first-order valence-corrected chi connectivity index (χ1v) is 18.8. The molecule has 0 bridgehead atoms. The molecule has 0 saturated carbocycles. The first-order chi connectivity index (χ1) is 12.1. The number of hydrogen-bond acceptors (Lipinski definition) is 3. The van der Waals surface area contributed by atoms with Gasteiger partial charge in [0.05, 0.1) is 0 Å². The Morgan fingerprint density at radius 2 is 1.44 bits per heavy atom. The summed E-state index contributed by atoms with van der Waals surface area (Å²) in [5, 5.41) is 18.1. The van der Waals surface area contributed by atoms with E-state index in [1.54, 1.807) is 13.3 Å². The summed E-state index contributed by atoms with van der Waals surface area (Å²) in [6.07, 6.45) is 14.5. The Morgan fingerprint density at radius 3 is 1.92 bits per heavy atom. The number of allylic oxidation sites excluding steroid dienone is 1. The van der Waals surface area contributed by atoms with Crippen LogP contribution in [0.2, 0.25) is 17.7 Å². The van der Waals surface area contributed by atoms with Crippen LogP contribution in [0, 0.1) is 0 Å². The molecule has 1 unspecified atom stereocenters. The molecule has 0 aliphatic carbocycles. The fourth-order valence-corrected chi connectivity index (χ4v) is 18.5. The topological polar surface area (TPSA) is 49.7 Å². The maximum absolute atomic E-state index is 9.30. The van der Waals surface area contributed by atoms with Crippen molar-refractivity contribution in [1.82, 2.24) is 0 Å². The zero-order valence-electron chi connectivity index (χ0n) is 17.1. The Hall–Kier alpha value is 0.259. The third kappa shape index (κ3) is 14.0. The van der Waals surface area contributed by atoms with E-state index in [0.717, 1.165) is 19.4 Å². The van der Waals surface area contributed by atoms with E-state index in [-0.39, 0.29) is 6.61 Å². The van der Waals surface area contributed by atoms with Gasteiger partial charge < -0.3 is 0 Å². The molecule has 0 aliphatic heterocycles. The molecule has 1 atom stereocenters. The average molecular weight is 463 g/mol. The molecule has 2 N–H and O–H groups in total. The predicted molar refractivity (Wildman–Crippen MR) is 112 cm³/mol. The van der Waals surface area contributed by atoms with Crippen molar-refractivity contribution in [1.29, 1.82) is 0 Å². The summed E-state index contributed by atoms with van der Waals surface area (Å²) in [4.78, 5) is 0. The number of rotatable bonds is 18. The van der Waals surface area contributed by atoms with Gasteiger partial charge in [-0.05, 0) is 0 Å². The molecule has 150 valence electrons. The summed E-state index contributed by atoms with van der Waals surface area (Å²) in [7, 11) is 0. The Labute approximate surface area is 161 Å². The second-order valence-corrected chi connectivity index (χ2v) is 21.6. The van der Waals surface area contributed by atoms with Crippen LogP contribution in [0.1, 0.15) is 78.6 Å². The molecule has 0 rings (SSSR count). The van der Waals surface area contributed by atoms with Crippen molar-refractivity contribution in [2.24, 2.45) is 0 Å². The van der Waals surface area contributed by atoms with Gasteiger partial charge in [-0.15, -0.1) is 0 Å². The fraction of sp³-hybridized carbons (Fsp3) is 0.905. The Kier molecular flexibility index (Phi) is 17.8. The molecule has 3 nitrogen and oxygen atoms in total. The monoisotopic (exact) mass is 464 g/mol. The van der Waals surface area contributed by atoms with Crippen LogP contribution in [-0.2, 0) is 4.74 Å². The second-order valence-electron chi connectivity index (χ2n) is 7.59. The molecule has 0 amide bonds. The molecule has 4 heteroatoms. The van der Waals surface area contributed by atoms with Crippen LogP contribution in [0.4, 0.5) is 0 Å². The molecule has 0 aromatic carbocycles. The Morgan fingerprint density at radius 1 is 0.880 bits per heavy atom. The Bertz CT molecular complexity index is 286. The van der Waals surface area contributed by atoms with Crippen LogP contribution in [0.5, 0.6) is 0 Å². The number of hydrogen-bond donors (Lipinski definition) is 2. The third-order valence-corrected chi connectivity index (χ3v) is 20.4. The number of ether oxygens (including phenoxy) is 1. The zero-order valence-corrected chi connectivity index (χ0v) is 20.0. The molecular formula is C21H44O3Sn. The first-order valence-electron chi connectivity index (χ1n) is 10.7. The zero-order chi connectivity index (χ0) is 18.8. The van der Waals surface area contributed by atoms with Crippen LogP contribution < -0.4 is 0 Å². The minimum atomic E-state index is -2.02. The number of aliphatic hydroxyl groups excluding tert-OH is 2. The van der Waals surface area contributed by atoms with Crippen molar-refractivity contribution < 1.29 is 14.9 Å². The van der Waals surface area contributed by atoms with Gasteiger partial charge in [0, 0.05) is 0 Å². The fourth-order valence-electron chi connectivity index (χ4n) is 3.43. The number of aliphatic hydroxyl groups is 2. The summed E-state index contributed by atoms with van der Waals surface area (Å²) < 4.78 is 11.7. The molecule has 0 spiro atoms. The summed E-state index contributed by atoms with van der Waals surface area (Å²) in [5.41, 5.74) is 0. The quantitative estimate of drug-likeness (QED) is 0.151. The standard InChI is InChI=1S/C9H17O3.3C4H9.Sn/c1-2-6-12-7-4-3-5-9(11)8-10;3*1-3-4-2;/h2,6,9-11H,1,3-5,7-8H2;3*1,3-4H2,2H3;/b6-2-;;;;. The van der Waals surface area contributed by atoms with Gasteiger partial charge in [0.25, 0.3) is 0 Å². The van der Waals surface area contributed by atoms with E-state index in [1.165, 1.54) is 43.0 Å². The van der Waals surface area contributed by atoms with Crippen molar-refractivity contribution in [3.05, 3.63) is 12.3 Å². The maximum atomic E-state index is 9.30. The third-order valence-electron chi connectivity index (χ3n) is 5.19. The van der Waals surface area contributed by atoms with Crippen molar-refractivity contribution in [3.63, 3.8) is 0 Å². The molecule has 0 aliphatic rings. The molecular weight excluding hydrogens is 419 g/mol. The van der Waals surface area contributed by atoms with E-state index in [0.29, 0.717) is 6.42 Å². The summed E-state index contributed by atoms with van der Waals surface area (Å²) in [6, 6.07) is 0. The van der Waals surface area contributed by atoms with E-state index < -0.39 is 24.5 Å². The van der Waals surface area contributed by atoms with Crippen LogP contribution in [-0.4, -0.2) is 47.9 Å². The van der Waals surface area contributed by atoms with Crippen molar-refractivity contribution in [2.45, 2.75) is 102 Å². The first kappa shape index (κ1) is 25.3. The normalized spacial score (nSPS) is 13.5. The SMILES string of the molecule is CCC[CH2][Sn]([CH2]/C=C\OCCCCC(O)CO)([CH2]CCC)[CH2]CCC. The summed E-state index contributed by atoms with van der Waals surface area (Å²) in [5.74, 6) is 0. The van der Waals surface area contributed by atoms with Gasteiger partial charge >= 0.3 is 161 Å². The van der Waals surface area contributed by atoms with Crippen molar-refractivity contribution in [2.75, 3.05) is 13.2 Å². The Balaban J connectivity index is 4.27. The van der Waals surface area contributed by atoms with E-state index in [2.05, 4.69) is 26.8 Å². The van der Waals surface area contributed by atoms with E-state index in [4.69, 9.17) is 9.84 Å². The minimum absolute atomic E-state index is 0.136. The summed E-state index contributed by atoms with van der Waals surface area (Å²) in [6.45, 7) is 7.55. The van der Waals surface area contributed by atoms with E-state index in [9.17, 15) is 5.11 Å². The predicted octanol–water partition coefficient (Wildman–Crippen LogP) is 5.89. The van der Waals surface area contributed by atoms with Crippen LogP contribution >= 0.6 is 0 Å². The molecule has 0 heterocycles. The van der Waals surface area contributed by atoms with E-state index >= 15 is 0 Å². The van der Waals surface area contributed by atoms with Gasteiger partial charge in [0.15, 0.2) is 0 Å².